The van der Waals surface area contributed by atoms with Gasteiger partial charge in [0.1, 0.15) is 11.7 Å². The Morgan fingerprint density at radius 1 is 0.377 bits per heavy atom. The lowest BCUT2D eigenvalue weighted by Gasteiger charge is -2.32. The van der Waals surface area contributed by atoms with Crippen molar-refractivity contribution in [2.45, 2.75) is 0 Å². The van der Waals surface area contributed by atoms with Crippen molar-refractivity contribution in [2.24, 2.45) is 0 Å². The lowest BCUT2D eigenvalue weighted by Crippen LogP contribution is -2.15. The van der Waals surface area contributed by atoms with Crippen LogP contribution in [-0.4, -0.2) is 0 Å². The summed E-state index contributed by atoms with van der Waals surface area (Å²) in [6, 6.07) is 78.6. The standard InChI is InChI=1S/C55H36N4OS/c56-37-38-19-18-31-47-53-48(33-44(35-50(53)60-55(38)47)57(39-20-6-1-7-21-39)40-22-8-2-9-23-40)59(43-28-14-5-15-29-43)45-34-49(54-46-30-16-17-32-51(46)61-52(54)36-45)58(41-24-10-3-11-25-41)42-26-12-4-13-27-42/h1-36H. The summed E-state index contributed by atoms with van der Waals surface area (Å²) in [6.07, 6.45) is 0. The number of nitrogens with zero attached hydrogens (tertiary/aromatic N) is 4. The van der Waals surface area contributed by atoms with Crippen LogP contribution in [0.5, 0.6) is 0 Å². The number of benzene rings is 9. The second kappa shape index (κ2) is 15.2. The maximum absolute atomic E-state index is 10.3. The van der Waals surface area contributed by atoms with E-state index in [1.165, 1.54) is 15.5 Å². The van der Waals surface area contributed by atoms with E-state index in [4.69, 9.17) is 4.42 Å². The molecule has 0 amide bonds. The third-order valence-corrected chi connectivity index (χ3v) is 12.3. The average Bonchev–Trinajstić information content (AvgIpc) is 3.90. The third kappa shape index (κ3) is 6.33. The van der Waals surface area contributed by atoms with E-state index in [9.17, 15) is 5.26 Å². The number of para-hydroxylation sites is 6. The molecule has 6 heteroatoms. The van der Waals surface area contributed by atoms with Gasteiger partial charge in [0.05, 0.1) is 28.0 Å². The molecule has 0 saturated carbocycles. The third-order valence-electron chi connectivity index (χ3n) is 11.2. The Hall–Kier alpha value is -8.11. The van der Waals surface area contributed by atoms with E-state index >= 15 is 0 Å². The van der Waals surface area contributed by atoms with Gasteiger partial charge in [-0.15, -0.1) is 11.3 Å². The minimum absolute atomic E-state index is 0.491. The first-order chi connectivity index (χ1) is 30.2. The number of rotatable bonds is 9. The quantitative estimate of drug-likeness (QED) is 0.145. The molecule has 0 bridgehead atoms. The van der Waals surface area contributed by atoms with E-state index in [-0.39, 0.29) is 0 Å². The van der Waals surface area contributed by atoms with E-state index in [0.717, 1.165) is 66.7 Å². The van der Waals surface area contributed by atoms with E-state index in [1.54, 1.807) is 11.3 Å². The molecule has 0 radical (unpaired) electrons. The predicted molar refractivity (Wildman–Crippen MR) is 255 cm³/mol. The van der Waals surface area contributed by atoms with Crippen molar-refractivity contribution in [2.75, 3.05) is 14.7 Å². The van der Waals surface area contributed by atoms with Gasteiger partial charge in [-0.1, -0.05) is 121 Å². The van der Waals surface area contributed by atoms with Crippen LogP contribution in [0.3, 0.4) is 0 Å². The van der Waals surface area contributed by atoms with Crippen molar-refractivity contribution in [1.82, 2.24) is 0 Å². The van der Waals surface area contributed by atoms with Crippen molar-refractivity contribution < 1.29 is 4.42 Å². The monoisotopic (exact) mass is 800 g/mol. The molecule has 0 aliphatic rings. The fourth-order valence-electron chi connectivity index (χ4n) is 8.60. The summed E-state index contributed by atoms with van der Waals surface area (Å²) >= 11 is 1.80. The van der Waals surface area contributed by atoms with Gasteiger partial charge in [-0.25, -0.2) is 0 Å². The maximum Gasteiger partial charge on any atom is 0.153 e. The molecule has 0 N–H and O–H groups in total. The van der Waals surface area contributed by atoms with Crippen LogP contribution in [0.15, 0.2) is 223 Å². The highest BCUT2D eigenvalue weighted by atomic mass is 32.1. The fraction of sp³-hybridized carbons (Fsp3) is 0. The minimum Gasteiger partial charge on any atom is -0.455 e. The molecular weight excluding hydrogens is 765 g/mol. The molecule has 2 heterocycles. The van der Waals surface area contributed by atoms with E-state index in [1.807, 2.05) is 24.3 Å². The highest BCUT2D eigenvalue weighted by Crippen LogP contribution is 2.52. The van der Waals surface area contributed by atoms with Gasteiger partial charge in [-0.3, -0.25) is 0 Å². The molecule has 0 aliphatic carbocycles. The summed E-state index contributed by atoms with van der Waals surface area (Å²) in [6.45, 7) is 0. The molecule has 9 aromatic carbocycles. The SMILES string of the molecule is N#Cc1cccc2c1oc1cc(N(c3ccccc3)c3ccccc3)cc(N(c3ccccc3)c3cc(N(c4ccccc4)c4ccccc4)c4c(c3)sc3ccccc34)c12. The Kier molecular flexibility index (Phi) is 9.00. The van der Waals surface area contributed by atoms with Crippen molar-refractivity contribution in [1.29, 1.82) is 5.26 Å². The summed E-state index contributed by atoms with van der Waals surface area (Å²) in [5.41, 5.74) is 10.7. The average molecular weight is 801 g/mol. The van der Waals surface area contributed by atoms with Crippen LogP contribution in [0.4, 0.5) is 51.2 Å². The summed E-state index contributed by atoms with van der Waals surface area (Å²) in [7, 11) is 0. The molecule has 288 valence electrons. The normalized spacial score (nSPS) is 11.3. The van der Waals surface area contributed by atoms with Crippen LogP contribution in [0.2, 0.25) is 0 Å². The summed E-state index contributed by atoms with van der Waals surface area (Å²) in [5, 5.41) is 14.5. The molecular formula is C55H36N4OS. The number of anilines is 9. The molecule has 0 aliphatic heterocycles. The second-order valence-corrected chi connectivity index (χ2v) is 15.9. The number of furan rings is 1. The van der Waals surface area contributed by atoms with E-state index < -0.39 is 0 Å². The Morgan fingerprint density at radius 2 is 0.820 bits per heavy atom. The molecule has 0 unspecified atom stereocenters. The molecule has 0 fully saturated rings. The van der Waals surface area contributed by atoms with Gasteiger partial charge in [-0.05, 0) is 91.0 Å². The zero-order valence-electron chi connectivity index (χ0n) is 32.9. The largest absolute Gasteiger partial charge is 0.455 e. The van der Waals surface area contributed by atoms with Crippen molar-refractivity contribution in [3.8, 4) is 6.07 Å². The van der Waals surface area contributed by atoms with Gasteiger partial charge < -0.3 is 19.1 Å². The molecule has 0 atom stereocenters. The number of hydrogen-bond acceptors (Lipinski definition) is 6. The molecule has 0 saturated heterocycles. The molecule has 2 aromatic heterocycles. The molecule has 61 heavy (non-hydrogen) atoms. The van der Waals surface area contributed by atoms with Crippen LogP contribution in [0, 0.1) is 11.3 Å². The Balaban J connectivity index is 1.26. The Bertz CT molecular complexity index is 3300. The predicted octanol–water partition coefficient (Wildman–Crippen LogP) is 16.2. The van der Waals surface area contributed by atoms with Crippen LogP contribution in [-0.2, 0) is 0 Å². The maximum atomic E-state index is 10.3. The number of nitriles is 1. The number of thiophene rings is 1. The minimum atomic E-state index is 0.491. The van der Waals surface area contributed by atoms with Crippen LogP contribution in [0.25, 0.3) is 42.1 Å². The first kappa shape index (κ1) is 36.0. The van der Waals surface area contributed by atoms with Gasteiger partial charge >= 0.3 is 0 Å². The van der Waals surface area contributed by atoms with Crippen LogP contribution in [0.1, 0.15) is 5.56 Å². The Labute approximate surface area is 357 Å². The molecule has 11 rings (SSSR count). The highest BCUT2D eigenvalue weighted by molar-refractivity contribution is 7.26. The van der Waals surface area contributed by atoms with Crippen molar-refractivity contribution >= 4 is 105 Å². The number of fused-ring (bicyclic) bond motifs is 6. The first-order valence-electron chi connectivity index (χ1n) is 20.2. The van der Waals surface area contributed by atoms with Gasteiger partial charge in [0.15, 0.2) is 5.58 Å². The van der Waals surface area contributed by atoms with E-state index in [2.05, 4.69) is 215 Å². The van der Waals surface area contributed by atoms with Crippen molar-refractivity contribution in [3.63, 3.8) is 0 Å². The lowest BCUT2D eigenvalue weighted by atomic mass is 10.0. The van der Waals surface area contributed by atoms with Crippen LogP contribution < -0.4 is 14.7 Å². The van der Waals surface area contributed by atoms with Gasteiger partial charge in [0.25, 0.3) is 0 Å². The van der Waals surface area contributed by atoms with Crippen LogP contribution >= 0.6 is 11.3 Å². The van der Waals surface area contributed by atoms with Gasteiger partial charge in [-0.2, -0.15) is 5.26 Å². The summed E-state index contributed by atoms with van der Waals surface area (Å²) in [4.78, 5) is 6.99. The van der Waals surface area contributed by atoms with Crippen molar-refractivity contribution in [3.05, 3.63) is 224 Å². The lowest BCUT2D eigenvalue weighted by molar-refractivity contribution is 0.667. The van der Waals surface area contributed by atoms with E-state index in [0.29, 0.717) is 16.7 Å². The molecule has 11 aromatic rings. The topological polar surface area (TPSA) is 46.7 Å². The fourth-order valence-corrected chi connectivity index (χ4v) is 9.76. The summed E-state index contributed by atoms with van der Waals surface area (Å²) in [5.74, 6) is 0. The summed E-state index contributed by atoms with van der Waals surface area (Å²) < 4.78 is 9.19. The van der Waals surface area contributed by atoms with Gasteiger partial charge in [0, 0.05) is 65.7 Å². The zero-order valence-corrected chi connectivity index (χ0v) is 33.7. The zero-order chi connectivity index (χ0) is 40.7. The highest BCUT2D eigenvalue weighted by Gasteiger charge is 2.27. The molecule has 0 spiro atoms. The number of hydrogen-bond donors (Lipinski definition) is 0. The van der Waals surface area contributed by atoms with Gasteiger partial charge in [0.2, 0.25) is 0 Å². The second-order valence-electron chi connectivity index (χ2n) is 14.9. The molecule has 5 nitrogen and oxygen atoms in total. The smallest absolute Gasteiger partial charge is 0.153 e. The Morgan fingerprint density at radius 3 is 1.36 bits per heavy atom. The first-order valence-corrected chi connectivity index (χ1v) is 21.1.